The van der Waals surface area contributed by atoms with E-state index < -0.39 is 5.97 Å². The molecular weight excluding hydrogens is 276 g/mol. The molecule has 3 nitrogen and oxygen atoms in total. The first kappa shape index (κ1) is 14.3. The van der Waals surface area contributed by atoms with Gasteiger partial charge >= 0.3 is 5.97 Å². The highest BCUT2D eigenvalue weighted by atomic mass is 35.5. The second-order valence-corrected chi connectivity index (χ2v) is 4.77. The zero-order valence-corrected chi connectivity index (χ0v) is 11.7. The summed E-state index contributed by atoms with van der Waals surface area (Å²) in [6.45, 7) is 1.41. The van der Waals surface area contributed by atoms with Crippen LogP contribution < -0.4 is 4.74 Å². The summed E-state index contributed by atoms with van der Waals surface area (Å²) in [5.41, 5.74) is 1.19. The van der Waals surface area contributed by atoms with Crippen LogP contribution in [-0.2, 0) is 11.2 Å². The number of ketones is 1. The van der Waals surface area contributed by atoms with Gasteiger partial charge in [-0.2, -0.15) is 0 Å². The highest BCUT2D eigenvalue weighted by Crippen LogP contribution is 2.24. The second-order valence-electron chi connectivity index (χ2n) is 4.33. The van der Waals surface area contributed by atoms with Crippen LogP contribution in [0.3, 0.4) is 0 Å². The SMILES string of the molecule is CC(=O)c1ccc(Cl)cc1OC(=O)Cc1ccccc1. The fourth-order valence-corrected chi connectivity index (χ4v) is 1.95. The molecule has 0 aliphatic carbocycles. The summed E-state index contributed by atoms with van der Waals surface area (Å²) < 4.78 is 5.25. The zero-order chi connectivity index (χ0) is 14.5. The van der Waals surface area contributed by atoms with Crippen LogP contribution >= 0.6 is 11.6 Å². The van der Waals surface area contributed by atoms with E-state index in [0.29, 0.717) is 10.6 Å². The Hall–Kier alpha value is -2.13. The summed E-state index contributed by atoms with van der Waals surface area (Å²) in [6, 6.07) is 13.9. The quantitative estimate of drug-likeness (QED) is 0.489. The molecular formula is C16H13ClO3. The largest absolute Gasteiger partial charge is 0.425 e. The summed E-state index contributed by atoms with van der Waals surface area (Å²) in [6.07, 6.45) is 0.144. The van der Waals surface area contributed by atoms with Crippen molar-refractivity contribution < 1.29 is 14.3 Å². The Labute approximate surface area is 122 Å². The Bertz CT molecular complexity index is 635. The van der Waals surface area contributed by atoms with Crippen molar-refractivity contribution in [1.82, 2.24) is 0 Å². The maximum atomic E-state index is 11.9. The molecule has 2 rings (SSSR count). The standard InChI is InChI=1S/C16H13ClO3/c1-11(18)14-8-7-13(17)10-15(14)20-16(19)9-12-5-3-2-4-6-12/h2-8,10H,9H2,1H3. The van der Waals surface area contributed by atoms with E-state index in [9.17, 15) is 9.59 Å². The number of halogens is 1. The number of carbonyl (C=O) groups is 2. The van der Waals surface area contributed by atoms with E-state index in [0.717, 1.165) is 5.56 Å². The van der Waals surface area contributed by atoms with Gasteiger partial charge in [-0.15, -0.1) is 0 Å². The predicted molar refractivity (Wildman–Crippen MR) is 77.2 cm³/mol. The van der Waals surface area contributed by atoms with E-state index >= 15 is 0 Å². The summed E-state index contributed by atoms with van der Waals surface area (Å²) in [5, 5.41) is 0.414. The maximum absolute atomic E-state index is 11.9. The number of ether oxygens (including phenoxy) is 1. The van der Waals surface area contributed by atoms with Gasteiger partial charge in [0.1, 0.15) is 5.75 Å². The van der Waals surface area contributed by atoms with E-state index in [2.05, 4.69) is 0 Å². The molecule has 0 bridgehead atoms. The minimum absolute atomic E-state index is 0.144. The molecule has 0 aliphatic rings. The van der Waals surface area contributed by atoms with Crippen LogP contribution in [0.5, 0.6) is 5.75 Å². The summed E-state index contributed by atoms with van der Waals surface area (Å²) >= 11 is 5.86. The summed E-state index contributed by atoms with van der Waals surface area (Å²) in [4.78, 5) is 23.4. The number of carbonyl (C=O) groups excluding carboxylic acids is 2. The maximum Gasteiger partial charge on any atom is 0.315 e. The van der Waals surface area contributed by atoms with Crippen LogP contribution in [0, 0.1) is 0 Å². The van der Waals surface area contributed by atoms with Gasteiger partial charge in [0.2, 0.25) is 0 Å². The normalized spacial score (nSPS) is 10.1. The highest BCUT2D eigenvalue weighted by molar-refractivity contribution is 6.30. The van der Waals surface area contributed by atoms with Gasteiger partial charge < -0.3 is 4.74 Å². The molecule has 2 aromatic rings. The van der Waals surface area contributed by atoms with Gasteiger partial charge in [0.25, 0.3) is 0 Å². The molecule has 0 unspecified atom stereocenters. The molecule has 0 heterocycles. The van der Waals surface area contributed by atoms with E-state index in [-0.39, 0.29) is 18.0 Å². The molecule has 0 aromatic heterocycles. The van der Waals surface area contributed by atoms with Gasteiger partial charge in [0, 0.05) is 11.1 Å². The van der Waals surface area contributed by atoms with Crippen molar-refractivity contribution >= 4 is 23.4 Å². The average Bonchev–Trinajstić information content (AvgIpc) is 2.39. The van der Waals surface area contributed by atoms with Crippen molar-refractivity contribution in [2.45, 2.75) is 13.3 Å². The first-order chi connectivity index (χ1) is 9.56. The summed E-state index contributed by atoms with van der Waals surface area (Å²) in [7, 11) is 0. The number of Topliss-reactive ketones (excluding diaryl/α,β-unsaturated/α-hetero) is 1. The molecule has 2 aromatic carbocycles. The van der Waals surface area contributed by atoms with Crippen molar-refractivity contribution in [3.8, 4) is 5.75 Å². The second kappa shape index (κ2) is 6.35. The van der Waals surface area contributed by atoms with Crippen LogP contribution in [0.2, 0.25) is 5.02 Å². The lowest BCUT2D eigenvalue weighted by Gasteiger charge is -2.08. The van der Waals surface area contributed by atoms with Gasteiger partial charge in [-0.05, 0) is 24.6 Å². The van der Waals surface area contributed by atoms with E-state index in [4.69, 9.17) is 16.3 Å². The molecule has 0 N–H and O–H groups in total. The van der Waals surface area contributed by atoms with E-state index in [1.165, 1.54) is 13.0 Å². The fourth-order valence-electron chi connectivity index (χ4n) is 1.79. The third-order valence-electron chi connectivity index (χ3n) is 2.74. The average molecular weight is 289 g/mol. The Morgan fingerprint density at radius 2 is 1.80 bits per heavy atom. The molecule has 0 saturated carbocycles. The molecule has 0 atom stereocenters. The Morgan fingerprint density at radius 1 is 1.10 bits per heavy atom. The Morgan fingerprint density at radius 3 is 2.45 bits per heavy atom. The van der Waals surface area contributed by atoms with Crippen molar-refractivity contribution in [2.24, 2.45) is 0 Å². The molecule has 0 fully saturated rings. The lowest BCUT2D eigenvalue weighted by Crippen LogP contribution is -2.13. The molecule has 4 heteroatoms. The van der Waals surface area contributed by atoms with Crippen LogP contribution in [0.25, 0.3) is 0 Å². The van der Waals surface area contributed by atoms with Crippen molar-refractivity contribution in [3.05, 3.63) is 64.7 Å². The van der Waals surface area contributed by atoms with E-state index in [1.54, 1.807) is 12.1 Å². The molecule has 0 saturated heterocycles. The topological polar surface area (TPSA) is 43.4 Å². The monoisotopic (exact) mass is 288 g/mol. The fraction of sp³-hybridized carbons (Fsp3) is 0.125. The third-order valence-corrected chi connectivity index (χ3v) is 2.97. The first-order valence-electron chi connectivity index (χ1n) is 6.11. The minimum atomic E-state index is -0.430. The number of rotatable bonds is 4. The molecule has 20 heavy (non-hydrogen) atoms. The van der Waals surface area contributed by atoms with Crippen LogP contribution in [0.4, 0.5) is 0 Å². The lowest BCUT2D eigenvalue weighted by molar-refractivity contribution is -0.133. The molecule has 102 valence electrons. The Balaban J connectivity index is 2.15. The highest BCUT2D eigenvalue weighted by Gasteiger charge is 2.13. The van der Waals surface area contributed by atoms with Crippen LogP contribution in [0.15, 0.2) is 48.5 Å². The molecule has 0 radical (unpaired) electrons. The summed E-state index contributed by atoms with van der Waals surface area (Å²) in [5.74, 6) is -0.406. The number of hydrogen-bond acceptors (Lipinski definition) is 3. The van der Waals surface area contributed by atoms with Crippen molar-refractivity contribution in [1.29, 1.82) is 0 Å². The van der Waals surface area contributed by atoms with Gasteiger partial charge in [-0.1, -0.05) is 41.9 Å². The molecule has 0 amide bonds. The van der Waals surface area contributed by atoms with Crippen LogP contribution in [0.1, 0.15) is 22.8 Å². The van der Waals surface area contributed by atoms with Crippen molar-refractivity contribution in [2.75, 3.05) is 0 Å². The van der Waals surface area contributed by atoms with Gasteiger partial charge in [0.05, 0.1) is 12.0 Å². The minimum Gasteiger partial charge on any atom is -0.425 e. The number of esters is 1. The molecule has 0 aliphatic heterocycles. The first-order valence-corrected chi connectivity index (χ1v) is 6.49. The predicted octanol–water partition coefficient (Wildman–Crippen LogP) is 3.69. The zero-order valence-electron chi connectivity index (χ0n) is 10.9. The van der Waals surface area contributed by atoms with Gasteiger partial charge in [0.15, 0.2) is 5.78 Å². The van der Waals surface area contributed by atoms with E-state index in [1.807, 2.05) is 30.3 Å². The number of benzene rings is 2. The van der Waals surface area contributed by atoms with Gasteiger partial charge in [-0.25, -0.2) is 0 Å². The Kier molecular flexibility index (Phi) is 4.53. The lowest BCUT2D eigenvalue weighted by atomic mass is 10.1. The molecule has 0 spiro atoms. The van der Waals surface area contributed by atoms with Crippen molar-refractivity contribution in [3.63, 3.8) is 0 Å². The third kappa shape index (κ3) is 3.68. The van der Waals surface area contributed by atoms with Crippen LogP contribution in [-0.4, -0.2) is 11.8 Å². The number of hydrogen-bond donors (Lipinski definition) is 0. The van der Waals surface area contributed by atoms with Gasteiger partial charge in [-0.3, -0.25) is 9.59 Å². The smallest absolute Gasteiger partial charge is 0.315 e.